The molecule has 0 atom stereocenters. The third-order valence-corrected chi connectivity index (χ3v) is 5.89. The summed E-state index contributed by atoms with van der Waals surface area (Å²) in [5.74, 6) is 0.386. The number of thiazole rings is 1. The monoisotopic (exact) mass is 422 g/mol. The van der Waals surface area contributed by atoms with E-state index < -0.39 is 10.0 Å². The maximum absolute atomic E-state index is 12.3. The Bertz CT molecular complexity index is 1020. The first-order valence-electron chi connectivity index (χ1n) is 7.84. The molecule has 0 saturated heterocycles. The highest BCUT2D eigenvalue weighted by atomic mass is 35.5. The first-order valence-corrected chi connectivity index (χ1v) is 10.6. The molecule has 1 aromatic heterocycles. The van der Waals surface area contributed by atoms with Crippen molar-refractivity contribution in [1.29, 1.82) is 0 Å². The Morgan fingerprint density at radius 1 is 1.19 bits per heavy atom. The number of aromatic nitrogens is 1. The maximum Gasteiger partial charge on any atom is 0.263 e. The maximum atomic E-state index is 12.3. The highest BCUT2D eigenvalue weighted by Gasteiger charge is 2.15. The average Bonchev–Trinajstić information content (AvgIpc) is 3.13. The Labute approximate surface area is 165 Å². The van der Waals surface area contributed by atoms with Crippen molar-refractivity contribution in [3.63, 3.8) is 0 Å². The van der Waals surface area contributed by atoms with Crippen molar-refractivity contribution < 1.29 is 17.9 Å². The summed E-state index contributed by atoms with van der Waals surface area (Å²) in [5, 5.41) is 2.51. The zero-order valence-electron chi connectivity index (χ0n) is 14.0. The van der Waals surface area contributed by atoms with Gasteiger partial charge in [-0.15, -0.1) is 11.3 Å². The SMILES string of the molecule is O=C(COc1cccc(Cl)c1)Cc1ccc(S(=O)(=O)Nc2nccs2)cc1. The second kappa shape index (κ2) is 8.51. The summed E-state index contributed by atoms with van der Waals surface area (Å²) in [6.45, 7) is -0.0913. The molecular formula is C18H15ClN2O4S2. The Morgan fingerprint density at radius 2 is 1.96 bits per heavy atom. The quantitative estimate of drug-likeness (QED) is 0.597. The number of benzene rings is 2. The second-order valence-corrected chi connectivity index (χ2v) is 8.56. The standard InChI is InChI=1S/C18H15ClN2O4S2/c19-14-2-1-3-16(11-14)25-12-15(22)10-13-4-6-17(7-5-13)27(23,24)21-18-20-8-9-26-18/h1-9,11H,10,12H2,(H,20,21). The van der Waals surface area contributed by atoms with Gasteiger partial charge >= 0.3 is 0 Å². The predicted octanol–water partition coefficient (Wildman–Crippen LogP) is 3.79. The molecule has 6 nitrogen and oxygen atoms in total. The molecule has 0 fully saturated rings. The van der Waals surface area contributed by atoms with Crippen LogP contribution in [0.3, 0.4) is 0 Å². The number of ether oxygens (including phenoxy) is 1. The molecule has 1 N–H and O–H groups in total. The van der Waals surface area contributed by atoms with Crippen LogP contribution in [0.15, 0.2) is 65.0 Å². The van der Waals surface area contributed by atoms with Crippen LogP contribution in [0.25, 0.3) is 0 Å². The number of carbonyl (C=O) groups excluding carboxylic acids is 1. The van der Waals surface area contributed by atoms with Gasteiger partial charge < -0.3 is 4.74 Å². The van der Waals surface area contributed by atoms with Crippen LogP contribution in [0.4, 0.5) is 5.13 Å². The number of nitrogens with one attached hydrogen (secondary N) is 1. The predicted molar refractivity (Wildman–Crippen MR) is 105 cm³/mol. The summed E-state index contributed by atoms with van der Waals surface area (Å²) >= 11 is 7.06. The molecule has 27 heavy (non-hydrogen) atoms. The Kier molecular flexibility index (Phi) is 6.10. The Morgan fingerprint density at radius 3 is 2.63 bits per heavy atom. The minimum absolute atomic E-state index is 0.0913. The van der Waals surface area contributed by atoms with Gasteiger partial charge in [0.05, 0.1) is 4.90 Å². The van der Waals surface area contributed by atoms with Crippen LogP contribution in [0.5, 0.6) is 5.75 Å². The smallest absolute Gasteiger partial charge is 0.263 e. The van der Waals surface area contributed by atoms with Crippen LogP contribution in [0.2, 0.25) is 5.02 Å². The first kappa shape index (κ1) is 19.3. The number of halogens is 1. The summed E-state index contributed by atoms with van der Waals surface area (Å²) in [7, 11) is -3.70. The van der Waals surface area contributed by atoms with Gasteiger partial charge in [0, 0.05) is 23.0 Å². The van der Waals surface area contributed by atoms with E-state index in [4.69, 9.17) is 16.3 Å². The fraction of sp³-hybridized carbons (Fsp3) is 0.111. The number of nitrogens with zero attached hydrogens (tertiary/aromatic N) is 1. The molecule has 1 heterocycles. The molecule has 0 aliphatic rings. The van der Waals surface area contributed by atoms with Gasteiger partial charge in [-0.1, -0.05) is 29.8 Å². The molecule has 0 aliphatic heterocycles. The number of ketones is 1. The molecule has 0 radical (unpaired) electrons. The van der Waals surface area contributed by atoms with Gasteiger partial charge in [0.15, 0.2) is 10.9 Å². The van der Waals surface area contributed by atoms with Crippen LogP contribution in [0.1, 0.15) is 5.56 Å². The van der Waals surface area contributed by atoms with Crippen molar-refractivity contribution in [1.82, 2.24) is 4.98 Å². The van der Waals surface area contributed by atoms with Crippen LogP contribution >= 0.6 is 22.9 Å². The number of carbonyl (C=O) groups is 1. The van der Waals surface area contributed by atoms with Gasteiger partial charge in [-0.3, -0.25) is 9.52 Å². The Hall–Kier alpha value is -2.42. The average molecular weight is 423 g/mol. The molecule has 9 heteroatoms. The van der Waals surface area contributed by atoms with Gasteiger partial charge in [-0.05, 0) is 35.9 Å². The largest absolute Gasteiger partial charge is 0.486 e. The van der Waals surface area contributed by atoms with Crippen LogP contribution < -0.4 is 9.46 Å². The molecule has 2 aromatic carbocycles. The summed E-state index contributed by atoms with van der Waals surface area (Å²) in [4.78, 5) is 16.1. The van der Waals surface area contributed by atoms with E-state index in [2.05, 4.69) is 9.71 Å². The molecule has 0 aliphatic carbocycles. The van der Waals surface area contributed by atoms with Gasteiger partial charge in [0.25, 0.3) is 10.0 Å². The summed E-state index contributed by atoms with van der Waals surface area (Å²) in [6, 6.07) is 12.9. The van der Waals surface area contributed by atoms with Gasteiger partial charge in [-0.25, -0.2) is 13.4 Å². The molecule has 140 valence electrons. The normalized spacial score (nSPS) is 11.1. The number of rotatable bonds is 8. The van der Waals surface area contributed by atoms with Crippen molar-refractivity contribution in [2.45, 2.75) is 11.3 Å². The van der Waals surface area contributed by atoms with Crippen molar-refractivity contribution in [2.24, 2.45) is 0 Å². The second-order valence-electron chi connectivity index (χ2n) is 5.55. The molecule has 3 rings (SSSR count). The van der Waals surface area contributed by atoms with Gasteiger partial charge in [0.2, 0.25) is 0 Å². The van der Waals surface area contributed by atoms with Gasteiger partial charge in [0.1, 0.15) is 12.4 Å². The fourth-order valence-corrected chi connectivity index (χ4v) is 4.20. The van der Waals surface area contributed by atoms with E-state index in [0.717, 1.165) is 0 Å². The van der Waals surface area contributed by atoms with Crippen molar-refractivity contribution in [3.8, 4) is 5.75 Å². The first-order chi connectivity index (χ1) is 12.9. The van der Waals surface area contributed by atoms with Crippen LogP contribution in [-0.2, 0) is 21.2 Å². The van der Waals surface area contributed by atoms with Crippen molar-refractivity contribution in [3.05, 3.63) is 70.7 Å². The lowest BCUT2D eigenvalue weighted by Gasteiger charge is -2.07. The third kappa shape index (κ3) is 5.53. The molecule has 0 unspecified atom stereocenters. The van der Waals surface area contributed by atoms with E-state index in [1.165, 1.54) is 29.7 Å². The Balaban J connectivity index is 1.57. The molecule has 0 amide bonds. The highest BCUT2D eigenvalue weighted by Crippen LogP contribution is 2.19. The molecular weight excluding hydrogens is 408 g/mol. The summed E-state index contributed by atoms with van der Waals surface area (Å²) in [6.07, 6.45) is 1.66. The number of hydrogen-bond acceptors (Lipinski definition) is 6. The van der Waals surface area contributed by atoms with E-state index in [-0.39, 0.29) is 23.7 Å². The number of anilines is 1. The van der Waals surface area contributed by atoms with E-state index in [1.54, 1.807) is 41.8 Å². The van der Waals surface area contributed by atoms with Crippen molar-refractivity contribution in [2.75, 3.05) is 11.3 Å². The molecule has 0 saturated carbocycles. The van der Waals surface area contributed by atoms with E-state index in [9.17, 15) is 13.2 Å². The fourth-order valence-electron chi connectivity index (χ4n) is 2.23. The summed E-state index contributed by atoms with van der Waals surface area (Å²) < 4.78 is 32.4. The minimum Gasteiger partial charge on any atom is -0.486 e. The van der Waals surface area contributed by atoms with Crippen LogP contribution in [-0.4, -0.2) is 25.8 Å². The number of Topliss-reactive ketones (excluding diaryl/α,β-unsaturated/α-hetero) is 1. The zero-order valence-corrected chi connectivity index (χ0v) is 16.4. The topological polar surface area (TPSA) is 85.4 Å². The van der Waals surface area contributed by atoms with E-state index in [1.807, 2.05) is 0 Å². The molecule has 0 spiro atoms. The molecule has 3 aromatic rings. The lowest BCUT2D eigenvalue weighted by atomic mass is 10.1. The lowest BCUT2D eigenvalue weighted by molar-refractivity contribution is -0.120. The minimum atomic E-state index is -3.70. The van der Waals surface area contributed by atoms with E-state index >= 15 is 0 Å². The van der Waals surface area contributed by atoms with Crippen LogP contribution in [0, 0.1) is 0 Å². The summed E-state index contributed by atoms with van der Waals surface area (Å²) in [5.41, 5.74) is 0.697. The number of hydrogen-bond donors (Lipinski definition) is 1. The van der Waals surface area contributed by atoms with E-state index in [0.29, 0.717) is 21.5 Å². The zero-order chi connectivity index (χ0) is 19.3. The number of sulfonamides is 1. The van der Waals surface area contributed by atoms with Gasteiger partial charge in [-0.2, -0.15) is 0 Å². The third-order valence-electron chi connectivity index (χ3n) is 3.48. The highest BCUT2D eigenvalue weighted by molar-refractivity contribution is 7.93. The van der Waals surface area contributed by atoms with Crippen molar-refractivity contribution >= 4 is 43.9 Å². The molecule has 0 bridgehead atoms. The lowest BCUT2D eigenvalue weighted by Crippen LogP contribution is -2.15.